The van der Waals surface area contributed by atoms with Crippen LogP contribution < -0.4 is 10.1 Å². The fourth-order valence-electron chi connectivity index (χ4n) is 1.55. The van der Waals surface area contributed by atoms with Gasteiger partial charge in [0.2, 0.25) is 0 Å². The Bertz CT molecular complexity index is 427. The van der Waals surface area contributed by atoms with Crippen molar-refractivity contribution in [2.75, 3.05) is 12.4 Å². The minimum Gasteiger partial charge on any atom is -0.495 e. The van der Waals surface area contributed by atoms with Crippen molar-refractivity contribution in [3.8, 4) is 11.8 Å². The first kappa shape index (κ1) is 13.4. The second-order valence-corrected chi connectivity index (χ2v) is 5.16. The van der Waals surface area contributed by atoms with Crippen LogP contribution in [0.4, 0.5) is 5.69 Å². The van der Waals surface area contributed by atoms with E-state index in [4.69, 9.17) is 10.00 Å². The van der Waals surface area contributed by atoms with Crippen molar-refractivity contribution in [3.05, 3.63) is 23.8 Å². The van der Waals surface area contributed by atoms with Crippen LogP contribution in [-0.4, -0.2) is 13.2 Å². The van der Waals surface area contributed by atoms with Crippen molar-refractivity contribution in [2.45, 2.75) is 39.2 Å². The van der Waals surface area contributed by atoms with Crippen molar-refractivity contribution in [1.29, 1.82) is 5.26 Å². The summed E-state index contributed by atoms with van der Waals surface area (Å²) in [5.41, 5.74) is 2.17. The maximum Gasteiger partial charge on any atom is 0.142 e. The molecule has 3 heteroatoms. The number of rotatable bonds is 3. The van der Waals surface area contributed by atoms with Gasteiger partial charge >= 0.3 is 0 Å². The second-order valence-electron chi connectivity index (χ2n) is 5.16. The van der Waals surface area contributed by atoms with Gasteiger partial charge in [0.25, 0.3) is 0 Å². The maximum atomic E-state index is 8.84. The number of ether oxygens (including phenoxy) is 1. The zero-order valence-electron chi connectivity index (χ0n) is 11.2. The van der Waals surface area contributed by atoms with Crippen LogP contribution in [0.2, 0.25) is 0 Å². The van der Waals surface area contributed by atoms with Crippen LogP contribution in [0, 0.1) is 11.3 Å². The Labute approximate surface area is 103 Å². The molecule has 0 saturated carbocycles. The Morgan fingerprint density at radius 1 is 1.35 bits per heavy atom. The Morgan fingerprint density at radius 3 is 2.47 bits per heavy atom. The molecule has 0 heterocycles. The molecule has 0 aromatic heterocycles. The van der Waals surface area contributed by atoms with Crippen LogP contribution in [0.25, 0.3) is 0 Å². The fraction of sp³-hybridized carbons (Fsp3) is 0.500. The summed E-state index contributed by atoms with van der Waals surface area (Å²) in [5, 5.41) is 12.0. The summed E-state index contributed by atoms with van der Waals surface area (Å²) in [7, 11) is 1.63. The van der Waals surface area contributed by atoms with Crippen LogP contribution in [0.1, 0.15) is 33.3 Å². The summed E-state index contributed by atoms with van der Waals surface area (Å²) in [6.07, 6.45) is 0. The summed E-state index contributed by atoms with van der Waals surface area (Å²) in [5.74, 6) is 0.764. The number of benzene rings is 1. The van der Waals surface area contributed by atoms with E-state index in [1.54, 1.807) is 7.11 Å². The molecule has 0 spiro atoms. The molecule has 0 amide bonds. The van der Waals surface area contributed by atoms with Gasteiger partial charge in [-0.1, -0.05) is 26.8 Å². The lowest BCUT2D eigenvalue weighted by Gasteiger charge is -2.22. The minimum atomic E-state index is -0.237. The molecule has 1 unspecified atom stereocenters. The van der Waals surface area contributed by atoms with E-state index in [0.29, 0.717) is 0 Å². The number of methoxy groups -OCH3 is 1. The molecule has 0 aliphatic carbocycles. The van der Waals surface area contributed by atoms with E-state index in [9.17, 15) is 0 Å². The molecule has 0 radical (unpaired) electrons. The van der Waals surface area contributed by atoms with Crippen LogP contribution in [0.15, 0.2) is 18.2 Å². The van der Waals surface area contributed by atoms with Crippen molar-refractivity contribution in [2.24, 2.45) is 0 Å². The number of nitrogens with one attached hydrogen (secondary N) is 1. The maximum absolute atomic E-state index is 8.84. The van der Waals surface area contributed by atoms with Gasteiger partial charge < -0.3 is 10.1 Å². The van der Waals surface area contributed by atoms with E-state index in [-0.39, 0.29) is 11.5 Å². The molecule has 1 aromatic carbocycles. The van der Waals surface area contributed by atoms with Gasteiger partial charge in [0.15, 0.2) is 0 Å². The molecule has 3 nitrogen and oxygen atoms in total. The molecular formula is C14H20N2O. The van der Waals surface area contributed by atoms with E-state index in [2.05, 4.69) is 38.2 Å². The van der Waals surface area contributed by atoms with E-state index >= 15 is 0 Å². The monoisotopic (exact) mass is 232 g/mol. The number of hydrogen-bond donors (Lipinski definition) is 1. The van der Waals surface area contributed by atoms with Crippen molar-refractivity contribution < 1.29 is 4.74 Å². The second kappa shape index (κ2) is 5.09. The molecule has 0 fully saturated rings. The molecule has 92 valence electrons. The lowest BCUT2D eigenvalue weighted by atomic mass is 9.87. The summed E-state index contributed by atoms with van der Waals surface area (Å²) >= 11 is 0. The lowest BCUT2D eigenvalue weighted by Crippen LogP contribution is -2.15. The van der Waals surface area contributed by atoms with Crippen molar-refractivity contribution >= 4 is 5.69 Å². The van der Waals surface area contributed by atoms with Gasteiger partial charge in [-0.25, -0.2) is 0 Å². The molecule has 17 heavy (non-hydrogen) atoms. The third kappa shape index (κ3) is 3.39. The molecular weight excluding hydrogens is 212 g/mol. The summed E-state index contributed by atoms with van der Waals surface area (Å²) in [4.78, 5) is 0. The highest BCUT2D eigenvalue weighted by atomic mass is 16.5. The molecule has 0 bridgehead atoms. The van der Waals surface area contributed by atoms with Crippen LogP contribution >= 0.6 is 0 Å². The fourth-order valence-corrected chi connectivity index (χ4v) is 1.55. The Hall–Kier alpha value is -1.69. The van der Waals surface area contributed by atoms with Gasteiger partial charge in [-0.15, -0.1) is 0 Å². The first-order chi connectivity index (χ1) is 7.88. The molecule has 1 atom stereocenters. The smallest absolute Gasteiger partial charge is 0.142 e. The van der Waals surface area contributed by atoms with E-state index < -0.39 is 0 Å². The Morgan fingerprint density at radius 2 is 2.00 bits per heavy atom. The number of nitriles is 1. The Balaban J connectivity index is 3.12. The molecule has 0 aliphatic heterocycles. The average Bonchev–Trinajstić information content (AvgIpc) is 2.27. The molecule has 1 rings (SSSR count). The highest BCUT2D eigenvalue weighted by Crippen LogP contribution is 2.31. The third-order valence-electron chi connectivity index (χ3n) is 2.63. The van der Waals surface area contributed by atoms with Crippen molar-refractivity contribution in [1.82, 2.24) is 0 Å². The average molecular weight is 232 g/mol. The minimum absolute atomic E-state index is 0.0819. The van der Waals surface area contributed by atoms with E-state index in [1.165, 1.54) is 5.56 Å². The number of anilines is 1. The largest absolute Gasteiger partial charge is 0.495 e. The Kier molecular flexibility index (Phi) is 4.01. The first-order valence-corrected chi connectivity index (χ1v) is 5.73. The number of hydrogen-bond acceptors (Lipinski definition) is 3. The van der Waals surface area contributed by atoms with Crippen LogP contribution in [-0.2, 0) is 5.41 Å². The van der Waals surface area contributed by atoms with Gasteiger partial charge in [-0.05, 0) is 30.0 Å². The predicted molar refractivity (Wildman–Crippen MR) is 70.4 cm³/mol. The normalized spacial score (nSPS) is 12.7. The zero-order chi connectivity index (χ0) is 13.1. The quantitative estimate of drug-likeness (QED) is 0.869. The molecule has 0 aliphatic rings. The first-order valence-electron chi connectivity index (χ1n) is 5.73. The highest BCUT2D eigenvalue weighted by Gasteiger charge is 2.16. The highest BCUT2D eigenvalue weighted by molar-refractivity contribution is 5.60. The number of nitrogens with zero attached hydrogens (tertiary/aromatic N) is 1. The van der Waals surface area contributed by atoms with Crippen molar-refractivity contribution in [3.63, 3.8) is 0 Å². The third-order valence-corrected chi connectivity index (χ3v) is 2.63. The van der Waals surface area contributed by atoms with Gasteiger partial charge in [-0.3, -0.25) is 0 Å². The lowest BCUT2D eigenvalue weighted by molar-refractivity contribution is 0.415. The SMILES string of the molecule is COc1ccc(C(C)(C)C)cc1NC(C)C#N. The standard InChI is InChI=1S/C14H20N2O/c1-10(9-15)16-12-8-11(14(2,3)4)6-7-13(12)17-5/h6-8,10,16H,1-5H3. The summed E-state index contributed by atoms with van der Waals surface area (Å²) in [6, 6.07) is 7.96. The molecule has 0 saturated heterocycles. The molecule has 1 aromatic rings. The van der Waals surface area contributed by atoms with Gasteiger partial charge in [0.1, 0.15) is 11.8 Å². The topological polar surface area (TPSA) is 45.0 Å². The van der Waals surface area contributed by atoms with E-state index in [1.807, 2.05) is 19.1 Å². The van der Waals surface area contributed by atoms with Crippen LogP contribution in [0.5, 0.6) is 5.75 Å². The summed E-state index contributed by atoms with van der Waals surface area (Å²) in [6.45, 7) is 8.30. The van der Waals surface area contributed by atoms with Gasteiger partial charge in [0, 0.05) is 0 Å². The predicted octanol–water partition coefficient (Wildman–Crippen LogP) is 3.32. The van der Waals surface area contributed by atoms with Crippen LogP contribution in [0.3, 0.4) is 0 Å². The zero-order valence-corrected chi connectivity index (χ0v) is 11.2. The van der Waals surface area contributed by atoms with Gasteiger partial charge in [0.05, 0.1) is 18.9 Å². The van der Waals surface area contributed by atoms with E-state index in [0.717, 1.165) is 11.4 Å². The summed E-state index contributed by atoms with van der Waals surface area (Å²) < 4.78 is 5.29. The molecule has 1 N–H and O–H groups in total. The van der Waals surface area contributed by atoms with Gasteiger partial charge in [-0.2, -0.15) is 5.26 Å².